The summed E-state index contributed by atoms with van der Waals surface area (Å²) >= 11 is 0. The topological polar surface area (TPSA) is 32.3 Å². The summed E-state index contributed by atoms with van der Waals surface area (Å²) in [5.74, 6) is -0.0713. The maximum atomic E-state index is 13.5. The molecule has 1 aliphatic carbocycles. The molecule has 21 heavy (non-hydrogen) atoms. The van der Waals surface area contributed by atoms with Gasteiger partial charge in [0.2, 0.25) is 5.91 Å². The van der Waals surface area contributed by atoms with Gasteiger partial charge in [-0.15, -0.1) is 12.4 Å². The van der Waals surface area contributed by atoms with E-state index in [1.54, 1.807) is 6.07 Å². The van der Waals surface area contributed by atoms with Crippen molar-refractivity contribution in [3.63, 3.8) is 0 Å². The standard InChI is InChI=1S/C16H21FN2O.ClH/c1-12-11-19(9-8-18-12)15(20)16(6-3-7-16)13-4-2-5-14(17)10-13;/h2,4-5,10,12,18H,3,6-9,11H2,1H3;1H. The van der Waals surface area contributed by atoms with Gasteiger partial charge >= 0.3 is 0 Å². The maximum Gasteiger partial charge on any atom is 0.233 e. The zero-order valence-corrected chi connectivity index (χ0v) is 13.1. The number of nitrogens with zero attached hydrogens (tertiary/aromatic N) is 1. The molecule has 116 valence electrons. The SMILES string of the molecule is CC1CN(C(=O)C2(c3cccc(F)c3)CCC2)CCN1.Cl. The van der Waals surface area contributed by atoms with E-state index in [0.717, 1.165) is 44.5 Å². The first-order valence-corrected chi connectivity index (χ1v) is 7.41. The van der Waals surface area contributed by atoms with Crippen LogP contribution < -0.4 is 5.32 Å². The molecular weight excluding hydrogens is 291 g/mol. The van der Waals surface area contributed by atoms with E-state index in [0.29, 0.717) is 6.04 Å². The average molecular weight is 313 g/mol. The summed E-state index contributed by atoms with van der Waals surface area (Å²) in [6, 6.07) is 6.90. The van der Waals surface area contributed by atoms with Crippen LogP contribution in [0.15, 0.2) is 24.3 Å². The van der Waals surface area contributed by atoms with E-state index in [1.165, 1.54) is 12.1 Å². The molecule has 1 unspecified atom stereocenters. The van der Waals surface area contributed by atoms with E-state index in [1.807, 2.05) is 11.0 Å². The first-order chi connectivity index (χ1) is 9.62. The van der Waals surface area contributed by atoms with Crippen molar-refractivity contribution < 1.29 is 9.18 Å². The third-order valence-corrected chi connectivity index (χ3v) is 4.65. The van der Waals surface area contributed by atoms with Gasteiger partial charge in [-0.25, -0.2) is 4.39 Å². The minimum atomic E-state index is -0.473. The van der Waals surface area contributed by atoms with Gasteiger partial charge in [-0.3, -0.25) is 4.79 Å². The number of hydrogen-bond donors (Lipinski definition) is 1. The Kier molecular flexibility index (Phi) is 4.89. The van der Waals surface area contributed by atoms with E-state index < -0.39 is 5.41 Å². The van der Waals surface area contributed by atoms with Gasteiger partial charge in [-0.1, -0.05) is 18.6 Å². The van der Waals surface area contributed by atoms with Crippen molar-refractivity contribution in [1.29, 1.82) is 0 Å². The highest BCUT2D eigenvalue weighted by Crippen LogP contribution is 2.45. The van der Waals surface area contributed by atoms with Gasteiger partial charge in [0.25, 0.3) is 0 Å². The van der Waals surface area contributed by atoms with Gasteiger partial charge in [0, 0.05) is 25.7 Å². The van der Waals surface area contributed by atoms with Gasteiger partial charge < -0.3 is 10.2 Å². The Morgan fingerprint density at radius 1 is 1.43 bits per heavy atom. The van der Waals surface area contributed by atoms with Crippen LogP contribution in [0.2, 0.25) is 0 Å². The number of hydrogen-bond acceptors (Lipinski definition) is 2. The Bertz CT molecular complexity index is 519. The maximum absolute atomic E-state index is 13.5. The Labute approximate surface area is 131 Å². The van der Waals surface area contributed by atoms with Gasteiger partial charge in [0.15, 0.2) is 0 Å². The number of halogens is 2. The summed E-state index contributed by atoms with van der Waals surface area (Å²) < 4.78 is 13.5. The van der Waals surface area contributed by atoms with Crippen LogP contribution in [0.5, 0.6) is 0 Å². The van der Waals surface area contributed by atoms with E-state index in [-0.39, 0.29) is 24.1 Å². The minimum absolute atomic E-state index is 0. The number of piperazine rings is 1. The highest BCUT2D eigenvalue weighted by Gasteiger charge is 2.48. The second-order valence-electron chi connectivity index (χ2n) is 6.05. The Hall–Kier alpha value is -1.13. The lowest BCUT2D eigenvalue weighted by atomic mass is 9.63. The van der Waals surface area contributed by atoms with Crippen molar-refractivity contribution in [2.24, 2.45) is 0 Å². The van der Waals surface area contributed by atoms with Crippen molar-refractivity contribution in [2.45, 2.75) is 37.6 Å². The Morgan fingerprint density at radius 3 is 2.76 bits per heavy atom. The van der Waals surface area contributed by atoms with Gasteiger partial charge in [0.1, 0.15) is 5.82 Å². The summed E-state index contributed by atoms with van der Waals surface area (Å²) in [4.78, 5) is 14.9. The molecule has 0 radical (unpaired) electrons. The lowest BCUT2D eigenvalue weighted by Gasteiger charge is -2.45. The third-order valence-electron chi connectivity index (χ3n) is 4.65. The van der Waals surface area contributed by atoms with E-state index in [2.05, 4.69) is 12.2 Å². The molecule has 1 atom stereocenters. The second kappa shape index (κ2) is 6.32. The molecular formula is C16H22ClFN2O. The Balaban J connectivity index is 0.00000161. The number of benzene rings is 1. The molecule has 2 fully saturated rings. The average Bonchev–Trinajstić information content (AvgIpc) is 2.37. The predicted octanol–water partition coefficient (Wildman–Crippen LogP) is 2.49. The fourth-order valence-corrected chi connectivity index (χ4v) is 3.36. The van der Waals surface area contributed by atoms with Crippen LogP contribution in [-0.4, -0.2) is 36.5 Å². The largest absolute Gasteiger partial charge is 0.339 e. The molecule has 3 rings (SSSR count). The molecule has 1 N–H and O–H groups in total. The van der Waals surface area contributed by atoms with Gasteiger partial charge in [0.05, 0.1) is 5.41 Å². The van der Waals surface area contributed by atoms with Crippen molar-refractivity contribution in [3.05, 3.63) is 35.6 Å². The first-order valence-electron chi connectivity index (χ1n) is 7.41. The molecule has 1 heterocycles. The predicted molar refractivity (Wildman–Crippen MR) is 83.2 cm³/mol. The van der Waals surface area contributed by atoms with Crippen LogP contribution in [0, 0.1) is 5.82 Å². The smallest absolute Gasteiger partial charge is 0.233 e. The molecule has 0 bridgehead atoms. The van der Waals surface area contributed by atoms with Crippen LogP contribution in [0.1, 0.15) is 31.7 Å². The number of carbonyl (C=O) groups excluding carboxylic acids is 1. The zero-order chi connectivity index (χ0) is 14.2. The molecule has 3 nitrogen and oxygen atoms in total. The van der Waals surface area contributed by atoms with E-state index in [9.17, 15) is 9.18 Å². The van der Waals surface area contributed by atoms with Crippen LogP contribution in [0.4, 0.5) is 4.39 Å². The molecule has 1 aliphatic heterocycles. The zero-order valence-electron chi connectivity index (χ0n) is 12.3. The van der Waals surface area contributed by atoms with Crippen molar-refractivity contribution in [2.75, 3.05) is 19.6 Å². The third kappa shape index (κ3) is 2.92. The van der Waals surface area contributed by atoms with Crippen LogP contribution in [-0.2, 0) is 10.2 Å². The Morgan fingerprint density at radius 2 is 2.19 bits per heavy atom. The lowest BCUT2D eigenvalue weighted by Crippen LogP contribution is -2.58. The molecule has 1 amide bonds. The van der Waals surface area contributed by atoms with Gasteiger partial charge in [-0.2, -0.15) is 0 Å². The first kappa shape index (κ1) is 16.2. The molecule has 1 saturated heterocycles. The fraction of sp³-hybridized carbons (Fsp3) is 0.562. The second-order valence-corrected chi connectivity index (χ2v) is 6.05. The molecule has 2 aliphatic rings. The van der Waals surface area contributed by atoms with Crippen LogP contribution in [0.25, 0.3) is 0 Å². The normalized spacial score (nSPS) is 23.9. The number of amides is 1. The number of rotatable bonds is 2. The lowest BCUT2D eigenvalue weighted by molar-refractivity contribution is -0.142. The van der Waals surface area contributed by atoms with Crippen molar-refractivity contribution in [1.82, 2.24) is 10.2 Å². The summed E-state index contributed by atoms with van der Waals surface area (Å²) in [7, 11) is 0. The van der Waals surface area contributed by atoms with Crippen molar-refractivity contribution >= 4 is 18.3 Å². The molecule has 0 aromatic heterocycles. The molecule has 1 saturated carbocycles. The number of carbonyl (C=O) groups is 1. The summed E-state index contributed by atoms with van der Waals surface area (Å²) in [6.07, 6.45) is 2.73. The fourth-order valence-electron chi connectivity index (χ4n) is 3.36. The van der Waals surface area contributed by atoms with Gasteiger partial charge in [-0.05, 0) is 37.5 Å². The van der Waals surface area contributed by atoms with E-state index >= 15 is 0 Å². The summed E-state index contributed by atoms with van der Waals surface area (Å²) in [5, 5.41) is 3.35. The highest BCUT2D eigenvalue weighted by atomic mass is 35.5. The highest BCUT2D eigenvalue weighted by molar-refractivity contribution is 5.89. The quantitative estimate of drug-likeness (QED) is 0.910. The molecule has 1 aromatic carbocycles. The van der Waals surface area contributed by atoms with Crippen LogP contribution >= 0.6 is 12.4 Å². The molecule has 5 heteroatoms. The summed E-state index contributed by atoms with van der Waals surface area (Å²) in [5.41, 5.74) is 0.374. The molecule has 0 spiro atoms. The van der Waals surface area contributed by atoms with Crippen LogP contribution in [0.3, 0.4) is 0 Å². The summed E-state index contributed by atoms with van der Waals surface area (Å²) in [6.45, 7) is 4.43. The molecule has 1 aromatic rings. The number of nitrogens with one attached hydrogen (secondary N) is 1. The van der Waals surface area contributed by atoms with E-state index in [4.69, 9.17) is 0 Å². The monoisotopic (exact) mass is 312 g/mol. The minimum Gasteiger partial charge on any atom is -0.339 e. The van der Waals surface area contributed by atoms with Crippen molar-refractivity contribution in [3.8, 4) is 0 Å².